The van der Waals surface area contributed by atoms with Crippen LogP contribution in [0.25, 0.3) is 11.0 Å². The van der Waals surface area contributed by atoms with Gasteiger partial charge in [0.25, 0.3) is 0 Å². The van der Waals surface area contributed by atoms with Gasteiger partial charge in [-0.05, 0) is 50.2 Å². The van der Waals surface area contributed by atoms with Crippen LogP contribution in [0.2, 0.25) is 0 Å². The summed E-state index contributed by atoms with van der Waals surface area (Å²) in [6, 6.07) is 8.73. The largest absolute Gasteiger partial charge is 0.481 e. The highest BCUT2D eigenvalue weighted by molar-refractivity contribution is 8.00. The van der Waals surface area contributed by atoms with Crippen LogP contribution in [0.1, 0.15) is 30.1 Å². The van der Waals surface area contributed by atoms with Gasteiger partial charge < -0.3 is 20.5 Å². The third kappa shape index (κ3) is 5.25. The van der Waals surface area contributed by atoms with E-state index in [0.29, 0.717) is 46.8 Å². The predicted octanol–water partition coefficient (Wildman–Crippen LogP) is 3.11. The lowest BCUT2D eigenvalue weighted by molar-refractivity contribution is -0.113. The number of carbonyl (C=O) groups excluding carboxylic acids is 1. The van der Waals surface area contributed by atoms with Crippen LogP contribution in [-0.4, -0.2) is 64.4 Å². The maximum absolute atomic E-state index is 15.1. The van der Waals surface area contributed by atoms with Gasteiger partial charge in [0, 0.05) is 47.4 Å². The molecule has 2 aromatic heterocycles. The van der Waals surface area contributed by atoms with Crippen LogP contribution in [-0.2, 0) is 11.3 Å². The zero-order chi connectivity index (χ0) is 24.4. The van der Waals surface area contributed by atoms with E-state index in [1.54, 1.807) is 31.5 Å². The summed E-state index contributed by atoms with van der Waals surface area (Å²) < 4.78 is 20.4. The Kier molecular flexibility index (Phi) is 7.14. The van der Waals surface area contributed by atoms with E-state index in [-0.39, 0.29) is 23.5 Å². The van der Waals surface area contributed by atoms with Crippen LogP contribution >= 0.6 is 11.8 Å². The molecule has 0 unspecified atom stereocenters. The summed E-state index contributed by atoms with van der Waals surface area (Å²) in [5, 5.41) is 17.6. The fraction of sp³-hybridized carbons (Fsp3) is 0.400. The number of benzene rings is 1. The monoisotopic (exact) mass is 497 g/mol. The maximum atomic E-state index is 15.1. The normalized spacial score (nSPS) is 17.3. The molecular weight excluding hydrogens is 469 g/mol. The molecule has 0 aliphatic carbocycles. The number of ether oxygens (including phenoxy) is 1. The highest BCUT2D eigenvalue weighted by Gasteiger charge is 2.27. The van der Waals surface area contributed by atoms with Crippen molar-refractivity contribution >= 4 is 34.4 Å². The minimum Gasteiger partial charge on any atom is -0.481 e. The van der Waals surface area contributed by atoms with E-state index >= 15 is 4.39 Å². The van der Waals surface area contributed by atoms with E-state index in [4.69, 9.17) is 4.74 Å². The van der Waals surface area contributed by atoms with Crippen LogP contribution < -0.4 is 15.4 Å². The van der Waals surface area contributed by atoms with Crippen molar-refractivity contribution in [1.29, 1.82) is 0 Å². The second kappa shape index (κ2) is 10.4. The predicted molar refractivity (Wildman–Crippen MR) is 133 cm³/mol. The lowest BCUT2D eigenvalue weighted by Gasteiger charge is -2.36. The number of nitrogens with zero attached hydrogens (tertiary/aromatic N) is 3. The van der Waals surface area contributed by atoms with E-state index in [0.717, 1.165) is 30.8 Å². The average Bonchev–Trinajstić information content (AvgIpc) is 2.88. The molecule has 3 aromatic rings. The molecule has 2 aliphatic rings. The number of amides is 1. The summed E-state index contributed by atoms with van der Waals surface area (Å²) in [4.78, 5) is 23.6. The smallest absolute Gasteiger partial charge is 0.234 e. The van der Waals surface area contributed by atoms with Gasteiger partial charge in [0.2, 0.25) is 11.8 Å². The number of carbonyl (C=O) groups is 1. The number of hydrogen-bond acceptors (Lipinski definition) is 8. The number of methoxy groups -OCH3 is 1. The third-order valence-electron chi connectivity index (χ3n) is 6.55. The Morgan fingerprint density at radius 1 is 1.29 bits per heavy atom. The number of thioether (sulfide) groups is 1. The number of nitrogens with one attached hydrogen (secondary N) is 2. The number of fused-ring (bicyclic) bond motifs is 2. The fourth-order valence-electron chi connectivity index (χ4n) is 4.73. The molecule has 1 amide bonds. The maximum Gasteiger partial charge on any atom is 0.234 e. The van der Waals surface area contributed by atoms with Crippen molar-refractivity contribution in [2.45, 2.75) is 36.4 Å². The summed E-state index contributed by atoms with van der Waals surface area (Å²) in [7, 11) is 1.55. The van der Waals surface area contributed by atoms with Gasteiger partial charge in [0.15, 0.2) is 0 Å². The van der Waals surface area contributed by atoms with Crippen molar-refractivity contribution < 1.29 is 19.0 Å². The van der Waals surface area contributed by atoms with Gasteiger partial charge >= 0.3 is 0 Å². The van der Waals surface area contributed by atoms with Crippen LogP contribution in [0.3, 0.4) is 0 Å². The van der Waals surface area contributed by atoms with Crippen molar-refractivity contribution in [3.8, 4) is 5.88 Å². The molecule has 0 saturated carbocycles. The van der Waals surface area contributed by atoms with Crippen molar-refractivity contribution in [3.63, 3.8) is 0 Å². The van der Waals surface area contributed by atoms with Crippen LogP contribution in [0, 0.1) is 5.82 Å². The number of hydrogen-bond donors (Lipinski definition) is 3. The first kappa shape index (κ1) is 23.9. The lowest BCUT2D eigenvalue weighted by atomic mass is 10.0. The van der Waals surface area contributed by atoms with E-state index in [9.17, 15) is 9.90 Å². The SMILES string of the molecule is COc1ccc2nccc([C@@H](O)CN(Cc3cc4c(cc3F)SCC(=O)N4)C3CCNCC3)c2n1. The quantitative estimate of drug-likeness (QED) is 0.458. The van der Waals surface area contributed by atoms with E-state index in [1.807, 2.05) is 6.07 Å². The summed E-state index contributed by atoms with van der Waals surface area (Å²) in [6.07, 6.45) is 2.60. The summed E-state index contributed by atoms with van der Waals surface area (Å²) in [5.74, 6) is 0.350. The number of halogens is 1. The van der Waals surface area contributed by atoms with Gasteiger partial charge in [-0.25, -0.2) is 9.37 Å². The minimum absolute atomic E-state index is 0.0850. The zero-order valence-corrected chi connectivity index (χ0v) is 20.3. The Morgan fingerprint density at radius 2 is 2.11 bits per heavy atom. The Balaban J connectivity index is 1.44. The topological polar surface area (TPSA) is 99.6 Å². The molecule has 4 heterocycles. The number of aromatic nitrogens is 2. The Labute approximate surface area is 207 Å². The second-order valence-corrected chi connectivity index (χ2v) is 9.84. The fourth-order valence-corrected chi connectivity index (χ4v) is 5.54. The number of rotatable bonds is 7. The Hall–Kier alpha value is -2.79. The highest BCUT2D eigenvalue weighted by atomic mass is 32.2. The molecule has 5 rings (SSSR count). The first-order valence-corrected chi connectivity index (χ1v) is 12.7. The molecule has 1 saturated heterocycles. The van der Waals surface area contributed by atoms with Crippen LogP contribution in [0.15, 0.2) is 41.4 Å². The molecule has 2 aliphatic heterocycles. The lowest BCUT2D eigenvalue weighted by Crippen LogP contribution is -2.44. The molecule has 35 heavy (non-hydrogen) atoms. The first-order chi connectivity index (χ1) is 17.0. The molecule has 10 heteroatoms. The Morgan fingerprint density at radius 3 is 2.91 bits per heavy atom. The van der Waals surface area contributed by atoms with Gasteiger partial charge in [-0.2, -0.15) is 0 Å². The van der Waals surface area contributed by atoms with E-state index in [1.165, 1.54) is 17.8 Å². The van der Waals surface area contributed by atoms with E-state index in [2.05, 4.69) is 25.5 Å². The van der Waals surface area contributed by atoms with Gasteiger partial charge in [0.05, 0.1) is 35.7 Å². The van der Waals surface area contributed by atoms with E-state index < -0.39 is 6.10 Å². The molecule has 1 fully saturated rings. The first-order valence-electron chi connectivity index (χ1n) is 11.7. The standard InChI is InChI=1S/C25H28FN5O3S/c1-34-24-3-2-19-25(30-24)17(6-9-28-19)21(32)13-31(16-4-7-27-8-5-16)12-15-10-20-22(11-18(15)26)35-14-23(33)29-20/h2-3,6,9-11,16,21,27,32H,4-5,7-8,12-14H2,1H3,(H,29,33)/t21-/m0/s1. The van der Waals surface area contributed by atoms with Gasteiger partial charge in [0.1, 0.15) is 5.82 Å². The molecule has 1 atom stereocenters. The number of aliphatic hydroxyl groups is 1. The van der Waals surface area contributed by atoms with Crippen molar-refractivity contribution in [2.75, 3.05) is 37.8 Å². The van der Waals surface area contributed by atoms with Crippen molar-refractivity contribution in [1.82, 2.24) is 20.2 Å². The number of aliphatic hydroxyl groups excluding tert-OH is 1. The molecule has 8 nitrogen and oxygen atoms in total. The summed E-state index contributed by atoms with van der Waals surface area (Å²) in [5.41, 5.74) is 3.05. The van der Waals surface area contributed by atoms with Crippen LogP contribution in [0.5, 0.6) is 5.88 Å². The van der Waals surface area contributed by atoms with Gasteiger partial charge in [-0.15, -0.1) is 11.8 Å². The number of pyridine rings is 2. The van der Waals surface area contributed by atoms with Gasteiger partial charge in [-0.3, -0.25) is 14.7 Å². The number of anilines is 1. The van der Waals surface area contributed by atoms with Crippen molar-refractivity contribution in [3.05, 3.63) is 53.5 Å². The molecule has 184 valence electrons. The average molecular weight is 498 g/mol. The molecule has 0 radical (unpaired) electrons. The van der Waals surface area contributed by atoms with Crippen LogP contribution in [0.4, 0.5) is 10.1 Å². The zero-order valence-electron chi connectivity index (χ0n) is 19.5. The van der Waals surface area contributed by atoms with Gasteiger partial charge in [-0.1, -0.05) is 0 Å². The molecule has 0 bridgehead atoms. The minimum atomic E-state index is -0.856. The third-order valence-corrected chi connectivity index (χ3v) is 7.60. The summed E-state index contributed by atoms with van der Waals surface area (Å²) >= 11 is 1.34. The molecule has 3 N–H and O–H groups in total. The molecule has 0 spiro atoms. The highest BCUT2D eigenvalue weighted by Crippen LogP contribution is 2.34. The number of piperidine rings is 1. The second-order valence-electron chi connectivity index (χ2n) is 8.82. The molecular formula is C25H28FN5O3S. The Bertz CT molecular complexity index is 1240. The van der Waals surface area contributed by atoms with Crippen molar-refractivity contribution in [2.24, 2.45) is 0 Å². The summed E-state index contributed by atoms with van der Waals surface area (Å²) in [6.45, 7) is 2.36. The molecule has 1 aromatic carbocycles.